The van der Waals surface area contributed by atoms with E-state index < -0.39 is 6.04 Å². The lowest BCUT2D eigenvalue weighted by Crippen LogP contribution is -2.25. The Morgan fingerprint density at radius 1 is 1.43 bits per heavy atom. The van der Waals surface area contributed by atoms with Crippen molar-refractivity contribution in [1.82, 2.24) is 0 Å². The van der Waals surface area contributed by atoms with Crippen LogP contribution in [0, 0.1) is 5.92 Å². The molecule has 3 rings (SSSR count). The van der Waals surface area contributed by atoms with E-state index in [1.807, 2.05) is 0 Å². The summed E-state index contributed by atoms with van der Waals surface area (Å²) in [4.78, 5) is 11.6. The Hall–Kier alpha value is -1.26. The summed E-state index contributed by atoms with van der Waals surface area (Å²) in [6.07, 6.45) is 6.05. The first-order chi connectivity index (χ1) is 10.1. The molecular formula is C16H21ClN2O2. The number of nitrogens with one attached hydrogen (secondary N) is 1. The fourth-order valence-corrected chi connectivity index (χ4v) is 3.49. The van der Waals surface area contributed by atoms with Gasteiger partial charge in [-0.25, -0.2) is 0 Å². The van der Waals surface area contributed by atoms with E-state index in [-0.39, 0.29) is 12.0 Å². The summed E-state index contributed by atoms with van der Waals surface area (Å²) in [5.41, 5.74) is 7.28. The Bertz CT molecular complexity index is 561. The van der Waals surface area contributed by atoms with Crippen molar-refractivity contribution in [3.8, 4) is 5.75 Å². The second kappa shape index (κ2) is 5.85. The second-order valence-electron chi connectivity index (χ2n) is 6.02. The van der Waals surface area contributed by atoms with E-state index in [2.05, 4.69) is 12.2 Å². The molecule has 2 aliphatic rings. The van der Waals surface area contributed by atoms with Gasteiger partial charge in [0.25, 0.3) is 0 Å². The van der Waals surface area contributed by atoms with E-state index in [1.54, 1.807) is 12.1 Å². The number of fused-ring (bicyclic) bond motifs is 1. The topological polar surface area (TPSA) is 64.3 Å². The van der Waals surface area contributed by atoms with Crippen LogP contribution in [0.4, 0.5) is 5.69 Å². The Labute approximate surface area is 130 Å². The maximum Gasteiger partial charge on any atom is 0.245 e. The third kappa shape index (κ3) is 2.87. The van der Waals surface area contributed by atoms with Gasteiger partial charge >= 0.3 is 0 Å². The number of carbonyl (C=O) groups is 1. The van der Waals surface area contributed by atoms with E-state index in [0.717, 1.165) is 30.0 Å². The minimum atomic E-state index is -0.634. The van der Waals surface area contributed by atoms with Crippen LogP contribution in [0.25, 0.3) is 0 Å². The molecule has 1 saturated carbocycles. The van der Waals surface area contributed by atoms with Crippen LogP contribution in [-0.4, -0.2) is 12.0 Å². The molecule has 4 nitrogen and oxygen atoms in total. The summed E-state index contributed by atoms with van der Waals surface area (Å²) in [5.74, 6) is 1.19. The van der Waals surface area contributed by atoms with Gasteiger partial charge in [0.05, 0.1) is 11.1 Å². The van der Waals surface area contributed by atoms with Crippen molar-refractivity contribution in [2.75, 3.05) is 5.32 Å². The molecule has 0 saturated heterocycles. The van der Waals surface area contributed by atoms with E-state index in [9.17, 15) is 4.79 Å². The molecule has 0 bridgehead atoms. The molecule has 0 aromatic heterocycles. The Morgan fingerprint density at radius 2 is 2.24 bits per heavy atom. The molecule has 1 fully saturated rings. The summed E-state index contributed by atoms with van der Waals surface area (Å²) in [6.45, 7) is 2.23. The number of hydrogen-bond donors (Lipinski definition) is 2. The number of nitrogens with two attached hydrogens (primary N) is 1. The van der Waals surface area contributed by atoms with Crippen LogP contribution in [0.3, 0.4) is 0 Å². The highest BCUT2D eigenvalue weighted by Gasteiger charge is 2.29. The molecule has 0 spiro atoms. The van der Waals surface area contributed by atoms with Crippen LogP contribution in [-0.2, 0) is 4.79 Å². The first-order valence-corrected chi connectivity index (χ1v) is 8.02. The number of hydrogen-bond acceptors (Lipinski definition) is 3. The van der Waals surface area contributed by atoms with Crippen molar-refractivity contribution in [3.05, 3.63) is 22.7 Å². The van der Waals surface area contributed by atoms with Gasteiger partial charge in [0.15, 0.2) is 0 Å². The fourth-order valence-electron chi connectivity index (χ4n) is 3.28. The molecule has 1 aromatic rings. The van der Waals surface area contributed by atoms with Gasteiger partial charge in [-0.1, -0.05) is 31.4 Å². The number of amides is 1. The summed E-state index contributed by atoms with van der Waals surface area (Å²) >= 11 is 6.29. The predicted octanol–water partition coefficient (Wildman–Crippen LogP) is 3.64. The quantitative estimate of drug-likeness (QED) is 0.896. The molecule has 3 unspecified atom stereocenters. The van der Waals surface area contributed by atoms with Crippen molar-refractivity contribution in [2.24, 2.45) is 11.7 Å². The largest absolute Gasteiger partial charge is 0.489 e. The first kappa shape index (κ1) is 14.7. The molecule has 0 radical (unpaired) electrons. The normalized spacial score (nSPS) is 28.1. The van der Waals surface area contributed by atoms with Crippen LogP contribution < -0.4 is 15.8 Å². The number of benzene rings is 1. The molecule has 1 heterocycles. The molecule has 114 valence electrons. The van der Waals surface area contributed by atoms with Crippen LogP contribution in [0.1, 0.15) is 50.6 Å². The molecule has 3 N–H and O–H groups in total. The van der Waals surface area contributed by atoms with Gasteiger partial charge in [-0.05, 0) is 31.2 Å². The average molecular weight is 309 g/mol. The van der Waals surface area contributed by atoms with Crippen molar-refractivity contribution < 1.29 is 9.53 Å². The second-order valence-corrected chi connectivity index (χ2v) is 6.42. The summed E-state index contributed by atoms with van der Waals surface area (Å²) < 4.78 is 6.09. The molecule has 5 heteroatoms. The smallest absolute Gasteiger partial charge is 0.245 e. The molecule has 1 amide bonds. The highest BCUT2D eigenvalue weighted by atomic mass is 35.5. The van der Waals surface area contributed by atoms with Gasteiger partial charge in [0.1, 0.15) is 11.8 Å². The maximum absolute atomic E-state index is 11.6. The summed E-state index contributed by atoms with van der Waals surface area (Å²) in [5, 5.41) is 3.30. The zero-order valence-electron chi connectivity index (χ0n) is 12.2. The minimum Gasteiger partial charge on any atom is -0.489 e. The molecule has 21 heavy (non-hydrogen) atoms. The number of anilines is 1. The predicted molar refractivity (Wildman–Crippen MR) is 83.7 cm³/mol. The monoisotopic (exact) mass is 308 g/mol. The van der Waals surface area contributed by atoms with Crippen LogP contribution in [0.5, 0.6) is 5.75 Å². The third-order valence-electron chi connectivity index (χ3n) is 4.59. The number of rotatable bonds is 3. The minimum absolute atomic E-state index is 0.193. The summed E-state index contributed by atoms with van der Waals surface area (Å²) in [7, 11) is 0. The molecule has 1 aromatic carbocycles. The van der Waals surface area contributed by atoms with Gasteiger partial charge < -0.3 is 15.8 Å². The Morgan fingerprint density at radius 3 is 3.00 bits per heavy atom. The van der Waals surface area contributed by atoms with E-state index in [1.165, 1.54) is 19.3 Å². The van der Waals surface area contributed by atoms with Crippen molar-refractivity contribution in [2.45, 2.75) is 51.2 Å². The zero-order valence-corrected chi connectivity index (χ0v) is 13.0. The number of carbonyl (C=O) groups excluding carboxylic acids is 1. The SMILES string of the molecule is CCC1CCCC(Oc2cc3c(cc2Cl)C(N)C(=O)N3)C1. The number of halogens is 1. The fraction of sp³-hybridized carbons (Fsp3) is 0.562. The van der Waals surface area contributed by atoms with Gasteiger partial charge in [0, 0.05) is 17.3 Å². The maximum atomic E-state index is 11.6. The number of ether oxygens (including phenoxy) is 1. The average Bonchev–Trinajstić information content (AvgIpc) is 2.75. The van der Waals surface area contributed by atoms with Crippen LogP contribution in [0.2, 0.25) is 5.02 Å². The van der Waals surface area contributed by atoms with E-state index >= 15 is 0 Å². The van der Waals surface area contributed by atoms with Gasteiger partial charge in [0.2, 0.25) is 5.91 Å². The lowest BCUT2D eigenvalue weighted by atomic mass is 9.85. The van der Waals surface area contributed by atoms with Crippen molar-refractivity contribution in [1.29, 1.82) is 0 Å². The summed E-state index contributed by atoms with van der Waals surface area (Å²) in [6, 6.07) is 2.91. The standard InChI is InChI=1S/C16H21ClN2O2/c1-2-9-4-3-5-10(6-9)21-14-8-13-11(7-12(14)17)15(18)16(20)19-13/h7-10,15H,2-6,18H2,1H3,(H,19,20). The van der Waals surface area contributed by atoms with E-state index in [4.69, 9.17) is 22.1 Å². The van der Waals surface area contributed by atoms with Crippen LogP contribution in [0.15, 0.2) is 12.1 Å². The van der Waals surface area contributed by atoms with Crippen molar-refractivity contribution >= 4 is 23.2 Å². The third-order valence-corrected chi connectivity index (χ3v) is 4.88. The van der Waals surface area contributed by atoms with Gasteiger partial charge in [-0.2, -0.15) is 0 Å². The highest BCUT2D eigenvalue weighted by Crippen LogP contribution is 2.39. The highest BCUT2D eigenvalue weighted by molar-refractivity contribution is 6.32. The van der Waals surface area contributed by atoms with E-state index in [0.29, 0.717) is 10.8 Å². The molecule has 3 atom stereocenters. The molecule has 1 aliphatic carbocycles. The molecular weight excluding hydrogens is 288 g/mol. The van der Waals surface area contributed by atoms with Crippen LogP contribution >= 0.6 is 11.6 Å². The Kier molecular flexibility index (Phi) is 4.09. The first-order valence-electron chi connectivity index (χ1n) is 7.65. The Balaban J connectivity index is 1.78. The lowest BCUT2D eigenvalue weighted by Gasteiger charge is -2.29. The zero-order chi connectivity index (χ0) is 15.0. The lowest BCUT2D eigenvalue weighted by molar-refractivity contribution is -0.116. The molecule has 1 aliphatic heterocycles. The van der Waals surface area contributed by atoms with Gasteiger partial charge in [-0.15, -0.1) is 0 Å². The van der Waals surface area contributed by atoms with Crippen molar-refractivity contribution in [3.63, 3.8) is 0 Å². The van der Waals surface area contributed by atoms with Gasteiger partial charge in [-0.3, -0.25) is 4.79 Å².